The van der Waals surface area contributed by atoms with Crippen LogP contribution in [0.4, 0.5) is 10.1 Å². The Labute approximate surface area is 190 Å². The van der Waals surface area contributed by atoms with E-state index in [1.54, 1.807) is 0 Å². The summed E-state index contributed by atoms with van der Waals surface area (Å²) < 4.78 is 23.2. The molecule has 2 aromatic rings. The first-order chi connectivity index (χ1) is 15.8. The third kappa shape index (κ3) is 3.29. The van der Waals surface area contributed by atoms with E-state index in [9.17, 15) is 9.59 Å². The number of ether oxygens (including phenoxy) is 1. The van der Waals surface area contributed by atoms with Crippen molar-refractivity contribution in [1.29, 1.82) is 5.26 Å². The molecule has 0 radical (unpaired) electrons. The van der Waals surface area contributed by atoms with E-state index in [1.165, 1.54) is 17.7 Å². The number of hydrogen-bond acceptors (Lipinski definition) is 7. The fourth-order valence-electron chi connectivity index (χ4n) is 5.67. The second kappa shape index (κ2) is 7.76. The van der Waals surface area contributed by atoms with Gasteiger partial charge in [0.2, 0.25) is 0 Å². The summed E-state index contributed by atoms with van der Waals surface area (Å²) in [5.41, 5.74) is -0.669. The van der Waals surface area contributed by atoms with Crippen molar-refractivity contribution in [1.82, 2.24) is 14.1 Å². The lowest BCUT2D eigenvalue weighted by atomic mass is 9.94. The first-order valence-corrected chi connectivity index (χ1v) is 11.5. The number of aromatic nitrogens is 2. The highest BCUT2D eigenvalue weighted by molar-refractivity contribution is 5.91. The van der Waals surface area contributed by atoms with Crippen molar-refractivity contribution >= 4 is 16.6 Å². The van der Waals surface area contributed by atoms with Gasteiger partial charge >= 0.3 is 5.69 Å². The maximum absolute atomic E-state index is 15.5. The first-order valence-electron chi connectivity index (χ1n) is 11.5. The largest absolute Gasteiger partial charge is 0.492 e. The van der Waals surface area contributed by atoms with Crippen LogP contribution in [0.2, 0.25) is 0 Å². The normalized spacial score (nSPS) is 21.5. The molecule has 10 heteroatoms. The molecule has 0 amide bonds. The average Bonchev–Trinajstić information content (AvgIpc) is 3.74. The molecule has 2 aliphatic carbocycles. The topological polar surface area (TPSA) is 110 Å². The Balaban J connectivity index is 1.57. The lowest BCUT2D eigenvalue weighted by Crippen LogP contribution is -2.44. The lowest BCUT2D eigenvalue weighted by Gasteiger charge is -2.33. The van der Waals surface area contributed by atoms with Crippen LogP contribution in [-0.2, 0) is 0 Å². The van der Waals surface area contributed by atoms with Gasteiger partial charge in [0.15, 0.2) is 11.6 Å². The summed E-state index contributed by atoms with van der Waals surface area (Å²) in [6.07, 6.45) is 5.12. The molecule has 9 nitrogen and oxygen atoms in total. The van der Waals surface area contributed by atoms with Crippen molar-refractivity contribution < 1.29 is 9.13 Å². The van der Waals surface area contributed by atoms with E-state index in [2.05, 4.69) is 18.0 Å². The molecule has 0 spiro atoms. The number of rotatable bonds is 7. The highest BCUT2D eigenvalue weighted by Gasteiger charge is 2.54. The molecule has 1 unspecified atom stereocenters. The van der Waals surface area contributed by atoms with Crippen LogP contribution < -0.4 is 26.7 Å². The van der Waals surface area contributed by atoms with Gasteiger partial charge in [-0.15, -0.1) is 0 Å². The smallest absolute Gasteiger partial charge is 0.350 e. The maximum Gasteiger partial charge on any atom is 0.350 e. The molecule has 1 atom stereocenters. The Bertz CT molecular complexity index is 1270. The molecule has 0 bridgehead atoms. The molecular formula is C23H29FN6O3. The Morgan fingerprint density at radius 1 is 1.33 bits per heavy atom. The van der Waals surface area contributed by atoms with Crippen molar-refractivity contribution in [2.24, 2.45) is 5.92 Å². The predicted octanol–water partition coefficient (Wildman–Crippen LogP) is 1.56. The fraction of sp³-hybridized carbons (Fsp3) is 0.609. The van der Waals surface area contributed by atoms with Gasteiger partial charge in [-0.25, -0.2) is 9.18 Å². The Kier molecular flexibility index (Phi) is 5.12. The number of hydrogen-bond donors (Lipinski definition) is 1. The third-order valence-corrected chi connectivity index (χ3v) is 7.75. The van der Waals surface area contributed by atoms with Crippen LogP contribution in [0, 0.1) is 23.1 Å². The third-order valence-electron chi connectivity index (χ3n) is 7.75. The quantitative estimate of drug-likeness (QED) is 0.630. The van der Waals surface area contributed by atoms with Crippen LogP contribution >= 0.6 is 0 Å². The summed E-state index contributed by atoms with van der Waals surface area (Å²) >= 11 is 0. The number of nitrogens with two attached hydrogens (primary N) is 1. The Hall–Kier alpha value is -3.06. The van der Waals surface area contributed by atoms with E-state index >= 15 is 4.39 Å². The van der Waals surface area contributed by atoms with Gasteiger partial charge in [0.1, 0.15) is 11.2 Å². The van der Waals surface area contributed by atoms with Crippen molar-refractivity contribution in [2.75, 3.05) is 44.5 Å². The van der Waals surface area contributed by atoms with Crippen molar-refractivity contribution in [2.45, 2.75) is 50.1 Å². The summed E-state index contributed by atoms with van der Waals surface area (Å²) in [4.78, 5) is 29.8. The molecule has 3 aliphatic rings. The van der Waals surface area contributed by atoms with Gasteiger partial charge in [0, 0.05) is 37.6 Å². The molecule has 3 fully saturated rings. The first kappa shape index (κ1) is 21.8. The summed E-state index contributed by atoms with van der Waals surface area (Å²) in [7, 11) is 3.51. The molecule has 2 heterocycles. The van der Waals surface area contributed by atoms with E-state index in [0.717, 1.165) is 38.6 Å². The fourth-order valence-corrected chi connectivity index (χ4v) is 5.67. The zero-order valence-corrected chi connectivity index (χ0v) is 19.0. The minimum absolute atomic E-state index is 0.0488. The van der Waals surface area contributed by atoms with Gasteiger partial charge in [-0.3, -0.25) is 14.3 Å². The zero-order valence-electron chi connectivity index (χ0n) is 19.0. The lowest BCUT2D eigenvalue weighted by molar-refractivity contribution is 0.164. The SMILES string of the molecule is COc1c(N2CCC(C3(N(C)CCC#N)CC3)C2)c(F)cc2c(=O)n(N)c(=O)n(C3CC3)c12. The zero-order chi connectivity index (χ0) is 23.5. The molecule has 1 aromatic carbocycles. The highest BCUT2D eigenvalue weighted by atomic mass is 19.1. The van der Waals surface area contributed by atoms with Gasteiger partial charge in [-0.05, 0) is 51.1 Å². The van der Waals surface area contributed by atoms with E-state index in [0.29, 0.717) is 41.3 Å². The number of nitriles is 1. The number of fused-ring (bicyclic) bond motifs is 1. The van der Waals surface area contributed by atoms with E-state index < -0.39 is 17.1 Å². The number of methoxy groups -OCH3 is 1. The van der Waals surface area contributed by atoms with Gasteiger partial charge < -0.3 is 15.5 Å². The number of nitrogens with zero attached hydrogens (tertiary/aromatic N) is 5. The van der Waals surface area contributed by atoms with Gasteiger partial charge in [0.25, 0.3) is 5.56 Å². The summed E-state index contributed by atoms with van der Waals surface area (Å²) in [6, 6.07) is 3.33. The van der Waals surface area contributed by atoms with Gasteiger partial charge in [-0.1, -0.05) is 0 Å². The summed E-state index contributed by atoms with van der Waals surface area (Å²) in [5.74, 6) is 5.72. The second-order valence-corrected chi connectivity index (χ2v) is 9.56. The molecular weight excluding hydrogens is 427 g/mol. The molecule has 5 rings (SSSR count). The number of nitrogen functional groups attached to an aromatic ring is 1. The predicted molar refractivity (Wildman–Crippen MR) is 123 cm³/mol. The van der Waals surface area contributed by atoms with E-state index in [-0.39, 0.29) is 22.7 Å². The maximum atomic E-state index is 15.5. The molecule has 1 aliphatic heterocycles. The van der Waals surface area contributed by atoms with E-state index in [1.807, 2.05) is 4.90 Å². The standard InChI is InChI=1S/C23H29FN6O3/c1-27(10-3-9-25)23(7-8-23)14-6-11-28(13-14)19-17(24)12-16-18(20(19)33-2)29(15-4-5-15)22(32)30(26)21(16)31/h12,14-15H,3-8,10-11,13,26H2,1-2H3. The van der Waals surface area contributed by atoms with Crippen LogP contribution in [0.1, 0.15) is 44.6 Å². The van der Waals surface area contributed by atoms with Gasteiger partial charge in [0.05, 0.1) is 18.6 Å². The molecule has 1 saturated heterocycles. The van der Waals surface area contributed by atoms with Gasteiger partial charge in [-0.2, -0.15) is 9.94 Å². The van der Waals surface area contributed by atoms with Crippen molar-refractivity contribution in [3.05, 3.63) is 32.7 Å². The number of halogens is 1. The van der Waals surface area contributed by atoms with Crippen LogP contribution in [0.25, 0.3) is 10.9 Å². The number of anilines is 1. The van der Waals surface area contributed by atoms with Crippen LogP contribution in [-0.4, -0.2) is 53.5 Å². The van der Waals surface area contributed by atoms with Crippen LogP contribution in [0.3, 0.4) is 0 Å². The monoisotopic (exact) mass is 456 g/mol. The molecule has 2 saturated carbocycles. The van der Waals surface area contributed by atoms with Crippen LogP contribution in [0.5, 0.6) is 5.75 Å². The molecule has 33 heavy (non-hydrogen) atoms. The average molecular weight is 457 g/mol. The summed E-state index contributed by atoms with van der Waals surface area (Å²) in [5, 5.41) is 9.01. The van der Waals surface area contributed by atoms with E-state index in [4.69, 9.17) is 15.8 Å². The van der Waals surface area contributed by atoms with Crippen molar-refractivity contribution in [3.8, 4) is 11.8 Å². The Morgan fingerprint density at radius 3 is 2.67 bits per heavy atom. The Morgan fingerprint density at radius 2 is 2.06 bits per heavy atom. The van der Waals surface area contributed by atoms with Crippen molar-refractivity contribution in [3.63, 3.8) is 0 Å². The molecule has 1 aromatic heterocycles. The minimum Gasteiger partial charge on any atom is -0.492 e. The van der Waals surface area contributed by atoms with Crippen LogP contribution in [0.15, 0.2) is 15.7 Å². The summed E-state index contributed by atoms with van der Waals surface area (Å²) in [6.45, 7) is 2.02. The highest BCUT2D eigenvalue weighted by Crippen LogP contribution is 2.52. The minimum atomic E-state index is -0.731. The molecule has 2 N–H and O–H groups in total. The molecule has 176 valence electrons. The number of benzene rings is 1. The second-order valence-electron chi connectivity index (χ2n) is 9.56.